The van der Waals surface area contributed by atoms with Gasteiger partial charge in [0, 0.05) is 42.5 Å². The van der Waals surface area contributed by atoms with Gasteiger partial charge in [-0.05, 0) is 55.4 Å². The molecular formula is C33H34N6O5. The lowest BCUT2D eigenvalue weighted by molar-refractivity contribution is -0.315. The van der Waals surface area contributed by atoms with Crippen LogP contribution in [-0.4, -0.2) is 85.4 Å². The number of carbonyl (C=O) groups excluding carboxylic acids is 3. The fourth-order valence-electron chi connectivity index (χ4n) is 8.52. The number of piperidine rings is 1. The molecule has 11 heteroatoms. The fourth-order valence-corrected chi connectivity index (χ4v) is 8.52. The first-order valence-corrected chi connectivity index (χ1v) is 15.4. The first-order valence-electron chi connectivity index (χ1n) is 15.4. The third-order valence-corrected chi connectivity index (χ3v) is 10.5. The number of nitrogens with one attached hydrogen (secondary N) is 2. The Morgan fingerprint density at radius 1 is 1.20 bits per heavy atom. The summed E-state index contributed by atoms with van der Waals surface area (Å²) in [6.07, 6.45) is 6.89. The minimum Gasteiger partial charge on any atom is -0.361 e. The highest BCUT2D eigenvalue weighted by Crippen LogP contribution is 2.47. The van der Waals surface area contributed by atoms with E-state index in [1.54, 1.807) is 9.80 Å². The van der Waals surface area contributed by atoms with Crippen molar-refractivity contribution in [2.24, 2.45) is 5.92 Å². The molecule has 2 aromatic carbocycles. The van der Waals surface area contributed by atoms with E-state index in [4.69, 9.17) is 4.74 Å². The van der Waals surface area contributed by atoms with E-state index in [1.165, 1.54) is 17.4 Å². The number of hydrogen-bond donors (Lipinski definition) is 3. The summed E-state index contributed by atoms with van der Waals surface area (Å²) < 4.78 is 6.21. The van der Waals surface area contributed by atoms with Crippen LogP contribution in [0, 0.1) is 17.4 Å². The number of H-pyrrole nitrogens is 1. The minimum atomic E-state index is -2.08. The molecule has 7 atom stereocenters. The van der Waals surface area contributed by atoms with Crippen LogP contribution in [0.3, 0.4) is 0 Å². The molecule has 226 valence electrons. The molecule has 3 aromatic rings. The Balaban J connectivity index is 1.09. The Hall–Kier alpha value is -4.40. The Bertz CT molecular complexity index is 1730. The quantitative estimate of drug-likeness (QED) is 0.392. The molecule has 3 N–H and O–H groups in total. The Morgan fingerprint density at radius 3 is 2.82 bits per heavy atom. The summed E-state index contributed by atoms with van der Waals surface area (Å²) in [6, 6.07) is 13.7. The van der Waals surface area contributed by atoms with Gasteiger partial charge in [0.25, 0.3) is 11.8 Å². The van der Waals surface area contributed by atoms with Gasteiger partial charge in [-0.2, -0.15) is 5.26 Å². The second-order valence-electron chi connectivity index (χ2n) is 13.0. The molecule has 5 heterocycles. The predicted octanol–water partition coefficient (Wildman–Crippen LogP) is 1.93. The molecular weight excluding hydrogens is 560 g/mol. The number of hydrogen-bond acceptors (Lipinski definition) is 7. The lowest BCUT2D eigenvalue weighted by atomic mass is 9.72. The number of likely N-dealkylation sites (tertiary alicyclic amines) is 1. The van der Waals surface area contributed by atoms with Gasteiger partial charge in [0.05, 0.1) is 12.0 Å². The van der Waals surface area contributed by atoms with Gasteiger partial charge in [-0.25, -0.2) is 0 Å². The van der Waals surface area contributed by atoms with Crippen LogP contribution in [0.25, 0.3) is 10.9 Å². The zero-order valence-corrected chi connectivity index (χ0v) is 24.4. The summed E-state index contributed by atoms with van der Waals surface area (Å²) in [6.45, 7) is 2.13. The molecule has 0 spiro atoms. The first kappa shape index (κ1) is 27.2. The molecule has 0 radical (unpaired) electrons. The summed E-state index contributed by atoms with van der Waals surface area (Å²) in [7, 11) is 0. The summed E-state index contributed by atoms with van der Waals surface area (Å²) in [5, 5.41) is 26.2. The maximum atomic E-state index is 14.2. The second-order valence-corrected chi connectivity index (χ2v) is 13.0. The number of fused-ring (bicyclic) bond motifs is 5. The zero-order valence-electron chi connectivity index (χ0n) is 24.4. The average molecular weight is 595 g/mol. The van der Waals surface area contributed by atoms with Gasteiger partial charge in [-0.3, -0.25) is 24.0 Å². The van der Waals surface area contributed by atoms with Gasteiger partial charge >= 0.3 is 0 Å². The number of nitrogens with zero attached hydrogens (tertiary/aromatic N) is 4. The molecule has 44 heavy (non-hydrogen) atoms. The van der Waals surface area contributed by atoms with Gasteiger partial charge in [-0.1, -0.05) is 42.5 Å². The predicted molar refractivity (Wildman–Crippen MR) is 157 cm³/mol. The van der Waals surface area contributed by atoms with E-state index < -0.39 is 41.5 Å². The van der Waals surface area contributed by atoms with Crippen LogP contribution >= 0.6 is 0 Å². The molecule has 4 aliphatic heterocycles. The van der Waals surface area contributed by atoms with Crippen molar-refractivity contribution in [1.82, 2.24) is 25.0 Å². The number of amides is 3. The lowest BCUT2D eigenvalue weighted by Crippen LogP contribution is -2.71. The van der Waals surface area contributed by atoms with Crippen molar-refractivity contribution in [2.45, 2.75) is 74.7 Å². The third-order valence-electron chi connectivity index (χ3n) is 10.5. The lowest BCUT2D eigenvalue weighted by Gasteiger charge is -2.48. The number of aromatic nitrogens is 1. The summed E-state index contributed by atoms with van der Waals surface area (Å²) in [5.41, 5.74) is 2.27. The number of ether oxygens (including phenoxy) is 1. The van der Waals surface area contributed by atoms with E-state index >= 15 is 0 Å². The topological polar surface area (TPSA) is 142 Å². The fraction of sp³-hybridized carbons (Fsp3) is 0.455. The van der Waals surface area contributed by atoms with Crippen LogP contribution in [0.15, 0.2) is 54.7 Å². The molecule has 0 unspecified atom stereocenters. The van der Waals surface area contributed by atoms with Crippen LogP contribution < -0.4 is 5.32 Å². The van der Waals surface area contributed by atoms with Crippen molar-refractivity contribution in [3.8, 4) is 6.19 Å². The highest BCUT2D eigenvalue weighted by atomic mass is 16.7. The number of aromatic amines is 1. The van der Waals surface area contributed by atoms with Crippen molar-refractivity contribution >= 4 is 28.6 Å². The highest BCUT2D eigenvalue weighted by Gasteiger charge is 2.70. The van der Waals surface area contributed by atoms with Crippen LogP contribution in [0.2, 0.25) is 0 Å². The Kier molecular flexibility index (Phi) is 5.90. The largest absolute Gasteiger partial charge is 0.361 e. The number of piperazine rings is 1. The summed E-state index contributed by atoms with van der Waals surface area (Å²) in [4.78, 5) is 49.7. The molecule has 1 aromatic heterocycles. The van der Waals surface area contributed by atoms with E-state index in [0.29, 0.717) is 32.2 Å². The number of nitriles is 1. The van der Waals surface area contributed by atoms with Crippen molar-refractivity contribution in [1.29, 1.82) is 5.26 Å². The summed E-state index contributed by atoms with van der Waals surface area (Å²) >= 11 is 0. The normalized spacial score (nSPS) is 34.0. The SMILES string of the molecule is C[C@@]1(NC(=O)[C@@H]2C[C@@H]3c4cccc5[nH]cc(c45)C[C@H]3N(C#N)C2)O[C@@]2(O)[C@@H]3CCCN3C(=O)[C@H](Cc3ccccc3)N2C1=O. The van der Waals surface area contributed by atoms with Crippen LogP contribution in [0.4, 0.5) is 0 Å². The van der Waals surface area contributed by atoms with Crippen molar-refractivity contribution in [3.63, 3.8) is 0 Å². The highest BCUT2D eigenvalue weighted by molar-refractivity contribution is 5.97. The molecule has 3 amide bonds. The van der Waals surface area contributed by atoms with Gasteiger partial charge in [0.15, 0.2) is 6.19 Å². The first-order chi connectivity index (χ1) is 21.2. The van der Waals surface area contributed by atoms with E-state index in [2.05, 4.69) is 22.6 Å². The van der Waals surface area contributed by atoms with E-state index in [9.17, 15) is 24.8 Å². The Morgan fingerprint density at radius 2 is 2.02 bits per heavy atom. The van der Waals surface area contributed by atoms with Crippen molar-refractivity contribution in [3.05, 3.63) is 71.4 Å². The number of benzene rings is 2. The molecule has 4 fully saturated rings. The van der Waals surface area contributed by atoms with Crippen molar-refractivity contribution < 1.29 is 24.2 Å². The van der Waals surface area contributed by atoms with Gasteiger partial charge in [0.1, 0.15) is 12.1 Å². The van der Waals surface area contributed by atoms with Crippen LogP contribution in [-0.2, 0) is 32.0 Å². The average Bonchev–Trinajstić information content (AvgIpc) is 3.73. The van der Waals surface area contributed by atoms with Gasteiger partial charge < -0.3 is 25.2 Å². The maximum Gasteiger partial charge on any atom is 0.280 e. The van der Waals surface area contributed by atoms with Crippen molar-refractivity contribution in [2.75, 3.05) is 13.1 Å². The smallest absolute Gasteiger partial charge is 0.280 e. The van der Waals surface area contributed by atoms with E-state index in [0.717, 1.165) is 22.0 Å². The van der Waals surface area contributed by atoms with Crippen LogP contribution in [0.1, 0.15) is 48.8 Å². The van der Waals surface area contributed by atoms with Gasteiger partial charge in [-0.15, -0.1) is 0 Å². The Labute approximate surface area is 254 Å². The number of carbonyl (C=O) groups is 3. The number of rotatable bonds is 4. The molecule has 0 saturated carbocycles. The minimum absolute atomic E-state index is 0.0467. The molecule has 1 aliphatic carbocycles. The standard InChI is InChI=1S/C33H34N6O5/c1-32(31(42)39-26(13-19-7-3-2-4-8-19)30(41)38-12-6-11-27(38)33(39,43)44-32)36-29(40)21-14-23-22-9-5-10-24-28(22)20(16-35-24)15-25(23)37(17-21)18-34/h2-5,7-10,16,21,23,25-27,35,43H,6,11-15,17H2,1H3,(H,36,40)/t21-,23-,25-,26+,27+,32-,33+/m1/s1. The third kappa shape index (κ3) is 3.77. The van der Waals surface area contributed by atoms with E-state index in [-0.39, 0.29) is 30.8 Å². The molecule has 11 nitrogen and oxygen atoms in total. The zero-order chi connectivity index (χ0) is 30.4. The maximum absolute atomic E-state index is 14.2. The molecule has 5 aliphatic rings. The summed E-state index contributed by atoms with van der Waals surface area (Å²) in [5.74, 6) is -4.04. The monoisotopic (exact) mass is 594 g/mol. The van der Waals surface area contributed by atoms with Gasteiger partial charge in [0.2, 0.25) is 17.5 Å². The molecule has 0 bridgehead atoms. The second kappa shape index (κ2) is 9.55. The van der Waals surface area contributed by atoms with Crippen LogP contribution in [0.5, 0.6) is 0 Å². The molecule has 4 saturated heterocycles. The van der Waals surface area contributed by atoms with E-state index in [1.807, 2.05) is 48.7 Å². The number of aliphatic hydroxyl groups is 1. The molecule has 8 rings (SSSR count).